The van der Waals surface area contributed by atoms with E-state index in [9.17, 15) is 9.59 Å². The maximum Gasteiger partial charge on any atom is 0.267 e. The minimum atomic E-state index is -0.720. The molecule has 1 aromatic heterocycles. The summed E-state index contributed by atoms with van der Waals surface area (Å²) in [7, 11) is 0. The Hall–Kier alpha value is -3.49. The van der Waals surface area contributed by atoms with Gasteiger partial charge in [-0.2, -0.15) is 0 Å². The third-order valence-electron chi connectivity index (χ3n) is 5.53. The molecular weight excluding hydrogens is 408 g/mol. The van der Waals surface area contributed by atoms with Crippen molar-refractivity contribution < 1.29 is 19.5 Å². The van der Waals surface area contributed by atoms with Crippen LogP contribution in [-0.4, -0.2) is 39.6 Å². The van der Waals surface area contributed by atoms with Gasteiger partial charge in [0.2, 0.25) is 5.91 Å². The average Bonchev–Trinajstić information content (AvgIpc) is 2.82. The zero-order valence-electron chi connectivity index (χ0n) is 17.9. The fourth-order valence-corrected chi connectivity index (χ4v) is 3.96. The van der Waals surface area contributed by atoms with E-state index in [1.54, 1.807) is 5.48 Å². The molecule has 166 valence electrons. The Morgan fingerprint density at radius 3 is 2.78 bits per heavy atom. The number of fused-ring (bicyclic) bond motifs is 1. The zero-order chi connectivity index (χ0) is 22.5. The van der Waals surface area contributed by atoms with Gasteiger partial charge in [0, 0.05) is 23.2 Å². The number of carbonyl (C=O) groups is 2. The smallest absolute Gasteiger partial charge is 0.267 e. The molecule has 1 aliphatic rings. The lowest BCUT2D eigenvalue weighted by molar-refractivity contribution is -0.149. The van der Waals surface area contributed by atoms with Gasteiger partial charge in [0.05, 0.1) is 11.9 Å². The number of nitrogens with zero attached hydrogens (tertiary/aromatic N) is 2. The first kappa shape index (κ1) is 21.7. The number of aromatic nitrogens is 1. The van der Waals surface area contributed by atoms with Gasteiger partial charge >= 0.3 is 0 Å². The van der Waals surface area contributed by atoms with Crippen LogP contribution in [0.4, 0.5) is 0 Å². The minimum absolute atomic E-state index is 0.136. The number of hydrazine groups is 1. The topological polar surface area (TPSA) is 104 Å². The van der Waals surface area contributed by atoms with Gasteiger partial charge in [0.15, 0.2) is 0 Å². The summed E-state index contributed by atoms with van der Waals surface area (Å²) in [6, 6.07) is 16.6. The molecule has 1 aliphatic heterocycles. The molecule has 1 unspecified atom stereocenters. The zero-order valence-corrected chi connectivity index (χ0v) is 17.9. The Kier molecular flexibility index (Phi) is 6.63. The van der Waals surface area contributed by atoms with Crippen molar-refractivity contribution in [2.24, 2.45) is 0 Å². The van der Waals surface area contributed by atoms with Crippen molar-refractivity contribution in [2.75, 3.05) is 6.54 Å². The van der Waals surface area contributed by atoms with E-state index in [1.807, 2.05) is 61.5 Å². The molecule has 3 aromatic rings. The molecule has 0 spiro atoms. The normalized spacial score (nSPS) is 16.1. The van der Waals surface area contributed by atoms with Crippen molar-refractivity contribution >= 4 is 22.7 Å². The number of hydrogen-bond acceptors (Lipinski definition) is 6. The van der Waals surface area contributed by atoms with E-state index in [2.05, 4.69) is 10.4 Å². The molecule has 0 aliphatic carbocycles. The summed E-state index contributed by atoms with van der Waals surface area (Å²) in [6.45, 7) is 2.99. The molecule has 2 heterocycles. The van der Waals surface area contributed by atoms with Crippen molar-refractivity contribution in [3.05, 3.63) is 71.4 Å². The third-order valence-corrected chi connectivity index (χ3v) is 5.53. The number of benzene rings is 2. The van der Waals surface area contributed by atoms with Gasteiger partial charge in [-0.25, -0.2) is 10.9 Å². The van der Waals surface area contributed by atoms with Gasteiger partial charge in [0.25, 0.3) is 5.91 Å². The highest BCUT2D eigenvalue weighted by Gasteiger charge is 2.32. The highest BCUT2D eigenvalue weighted by atomic mass is 16.5. The summed E-state index contributed by atoms with van der Waals surface area (Å²) in [5.41, 5.74) is 8.35. The molecule has 0 radical (unpaired) electrons. The molecule has 3 N–H and O–H groups in total. The van der Waals surface area contributed by atoms with E-state index in [0.29, 0.717) is 25.3 Å². The number of nitrogens with one attached hydrogen (secondary N) is 2. The van der Waals surface area contributed by atoms with Crippen molar-refractivity contribution in [3.8, 4) is 5.75 Å². The first-order valence-corrected chi connectivity index (χ1v) is 10.6. The SMILES string of the molecule is Cc1cc(COc2ccc(CC(=O)N3NCCCC3C(=O)NO)cc2)c2ccccc2n1. The van der Waals surface area contributed by atoms with Crippen LogP contribution >= 0.6 is 0 Å². The van der Waals surface area contributed by atoms with Crippen molar-refractivity contribution in [2.45, 2.75) is 38.8 Å². The first-order valence-electron chi connectivity index (χ1n) is 10.6. The highest BCUT2D eigenvalue weighted by Crippen LogP contribution is 2.21. The molecule has 1 atom stereocenters. The standard InChI is InChI=1S/C24H26N4O4/c1-16-13-18(20-5-2-3-6-21(20)26-16)15-32-19-10-8-17(9-11-19)14-23(29)28-22(24(30)27-31)7-4-12-25-28/h2-3,5-6,8-11,13,22,25,31H,4,7,12,14-15H2,1H3,(H,27,30). The van der Waals surface area contributed by atoms with Gasteiger partial charge in [-0.05, 0) is 49.6 Å². The Morgan fingerprint density at radius 1 is 1.22 bits per heavy atom. The van der Waals surface area contributed by atoms with E-state index in [0.717, 1.165) is 34.1 Å². The fourth-order valence-electron chi connectivity index (χ4n) is 3.96. The second-order valence-corrected chi connectivity index (χ2v) is 7.86. The second kappa shape index (κ2) is 9.76. The van der Waals surface area contributed by atoms with Crippen LogP contribution in [0.15, 0.2) is 54.6 Å². The molecule has 0 bridgehead atoms. The number of carbonyl (C=O) groups excluding carboxylic acids is 2. The largest absolute Gasteiger partial charge is 0.489 e. The summed E-state index contributed by atoms with van der Waals surface area (Å²) >= 11 is 0. The second-order valence-electron chi connectivity index (χ2n) is 7.86. The van der Waals surface area contributed by atoms with E-state index in [1.165, 1.54) is 5.01 Å². The highest BCUT2D eigenvalue weighted by molar-refractivity contribution is 5.87. The Labute approximate surface area is 186 Å². The van der Waals surface area contributed by atoms with Crippen LogP contribution in [0, 0.1) is 6.92 Å². The number of hydroxylamine groups is 1. The average molecular weight is 434 g/mol. The van der Waals surface area contributed by atoms with Gasteiger partial charge < -0.3 is 4.74 Å². The molecule has 32 heavy (non-hydrogen) atoms. The Bertz CT molecular complexity index is 1120. The number of para-hydroxylation sites is 1. The molecular formula is C24H26N4O4. The van der Waals surface area contributed by atoms with Crippen molar-refractivity contribution in [1.29, 1.82) is 0 Å². The number of amides is 2. The summed E-state index contributed by atoms with van der Waals surface area (Å²) < 4.78 is 5.98. The van der Waals surface area contributed by atoms with Crippen LogP contribution in [0.1, 0.15) is 29.7 Å². The van der Waals surface area contributed by atoms with Crippen LogP contribution < -0.4 is 15.6 Å². The molecule has 2 aromatic carbocycles. The lowest BCUT2D eigenvalue weighted by atomic mass is 10.1. The number of pyridine rings is 1. The van der Waals surface area contributed by atoms with E-state index < -0.39 is 11.9 Å². The van der Waals surface area contributed by atoms with Gasteiger partial charge in [-0.3, -0.25) is 24.8 Å². The van der Waals surface area contributed by atoms with Gasteiger partial charge in [0.1, 0.15) is 18.4 Å². The van der Waals surface area contributed by atoms with Crippen LogP contribution in [0.2, 0.25) is 0 Å². The van der Waals surface area contributed by atoms with Crippen molar-refractivity contribution in [1.82, 2.24) is 20.9 Å². The van der Waals surface area contributed by atoms with Crippen LogP contribution in [0.3, 0.4) is 0 Å². The molecule has 1 saturated heterocycles. The summed E-state index contributed by atoms with van der Waals surface area (Å²) in [4.78, 5) is 29.1. The van der Waals surface area contributed by atoms with Crippen LogP contribution in [-0.2, 0) is 22.6 Å². The Morgan fingerprint density at radius 2 is 2.00 bits per heavy atom. The maximum absolute atomic E-state index is 12.7. The number of aryl methyl sites for hydroxylation is 1. The summed E-state index contributed by atoms with van der Waals surface area (Å²) in [5, 5.41) is 11.3. The van der Waals surface area contributed by atoms with Crippen LogP contribution in [0.5, 0.6) is 5.75 Å². The first-order chi connectivity index (χ1) is 15.5. The molecule has 2 amide bonds. The number of hydrogen-bond donors (Lipinski definition) is 3. The summed E-state index contributed by atoms with van der Waals surface area (Å²) in [6.07, 6.45) is 1.39. The quantitative estimate of drug-likeness (QED) is 0.407. The maximum atomic E-state index is 12.7. The lowest BCUT2D eigenvalue weighted by Crippen LogP contribution is -2.58. The number of rotatable bonds is 6. The van der Waals surface area contributed by atoms with Crippen LogP contribution in [0.25, 0.3) is 10.9 Å². The Balaban J connectivity index is 1.39. The minimum Gasteiger partial charge on any atom is -0.489 e. The monoisotopic (exact) mass is 434 g/mol. The molecule has 1 fully saturated rings. The van der Waals surface area contributed by atoms with E-state index >= 15 is 0 Å². The predicted molar refractivity (Wildman–Crippen MR) is 119 cm³/mol. The lowest BCUT2D eigenvalue weighted by Gasteiger charge is -2.34. The third kappa shape index (κ3) is 4.87. The number of ether oxygens (including phenoxy) is 1. The molecule has 0 saturated carbocycles. The van der Waals surface area contributed by atoms with E-state index in [4.69, 9.17) is 9.94 Å². The van der Waals surface area contributed by atoms with Gasteiger partial charge in [-0.1, -0.05) is 30.3 Å². The van der Waals surface area contributed by atoms with E-state index in [-0.39, 0.29) is 12.3 Å². The molecule has 8 heteroatoms. The molecule has 8 nitrogen and oxygen atoms in total. The van der Waals surface area contributed by atoms with Crippen molar-refractivity contribution in [3.63, 3.8) is 0 Å². The van der Waals surface area contributed by atoms with Gasteiger partial charge in [-0.15, -0.1) is 0 Å². The fraction of sp³-hybridized carbons (Fsp3) is 0.292. The summed E-state index contributed by atoms with van der Waals surface area (Å²) in [5.74, 6) is -0.118. The molecule has 4 rings (SSSR count). The predicted octanol–water partition coefficient (Wildman–Crippen LogP) is 2.67.